The number of ether oxygens (including phenoxy) is 1. The monoisotopic (exact) mass is 356 g/mol. The Morgan fingerprint density at radius 2 is 1.88 bits per heavy atom. The van der Waals surface area contributed by atoms with Gasteiger partial charge in [-0.1, -0.05) is 30.3 Å². The van der Waals surface area contributed by atoms with Crippen LogP contribution in [0.25, 0.3) is 11.1 Å². The van der Waals surface area contributed by atoms with Gasteiger partial charge in [0.15, 0.2) is 0 Å². The van der Waals surface area contributed by atoms with Crippen LogP contribution in [0.1, 0.15) is 24.2 Å². The van der Waals surface area contributed by atoms with Crippen molar-refractivity contribution in [1.82, 2.24) is 10.2 Å². The molecule has 5 heteroatoms. The average molecular weight is 356 g/mol. The smallest absolute Gasteiger partial charge is 0.251 e. The fourth-order valence-corrected chi connectivity index (χ4v) is 3.20. The van der Waals surface area contributed by atoms with E-state index in [0.29, 0.717) is 23.2 Å². The Kier molecular flexibility index (Phi) is 5.69. The van der Waals surface area contributed by atoms with Gasteiger partial charge in [0.1, 0.15) is 5.82 Å². The van der Waals surface area contributed by atoms with E-state index in [1.54, 1.807) is 36.4 Å². The maximum atomic E-state index is 14.0. The van der Waals surface area contributed by atoms with Gasteiger partial charge in [0.25, 0.3) is 5.91 Å². The molecule has 0 radical (unpaired) electrons. The number of benzene rings is 2. The van der Waals surface area contributed by atoms with E-state index in [2.05, 4.69) is 24.1 Å². The third-order valence-electron chi connectivity index (χ3n) is 4.86. The van der Waals surface area contributed by atoms with Gasteiger partial charge in [0, 0.05) is 36.3 Å². The summed E-state index contributed by atoms with van der Waals surface area (Å²) in [5, 5.41) is 3.01. The summed E-state index contributed by atoms with van der Waals surface area (Å²) in [6, 6.07) is 13.7. The molecule has 1 aliphatic heterocycles. The number of carbonyl (C=O) groups excluding carboxylic acids is 1. The Morgan fingerprint density at radius 1 is 1.15 bits per heavy atom. The van der Waals surface area contributed by atoms with Gasteiger partial charge >= 0.3 is 0 Å². The molecule has 2 aromatic carbocycles. The first-order valence-corrected chi connectivity index (χ1v) is 8.93. The normalized spacial score (nSPS) is 15.7. The lowest BCUT2D eigenvalue weighted by molar-refractivity contribution is -0.00923. The number of nitrogens with zero attached hydrogens (tertiary/aromatic N) is 1. The van der Waals surface area contributed by atoms with Crippen molar-refractivity contribution < 1.29 is 13.9 Å². The van der Waals surface area contributed by atoms with Gasteiger partial charge in [0.05, 0.1) is 13.2 Å². The van der Waals surface area contributed by atoms with Gasteiger partial charge in [-0.3, -0.25) is 9.69 Å². The maximum Gasteiger partial charge on any atom is 0.251 e. The quantitative estimate of drug-likeness (QED) is 0.893. The van der Waals surface area contributed by atoms with Crippen LogP contribution in [0, 0.1) is 5.82 Å². The second-order valence-corrected chi connectivity index (χ2v) is 7.16. The first-order chi connectivity index (χ1) is 12.5. The van der Waals surface area contributed by atoms with Crippen molar-refractivity contribution >= 4 is 5.91 Å². The fraction of sp³-hybridized carbons (Fsp3) is 0.381. The molecule has 0 saturated carbocycles. The zero-order valence-electron chi connectivity index (χ0n) is 15.3. The van der Waals surface area contributed by atoms with Crippen LogP contribution in [0.4, 0.5) is 4.39 Å². The molecule has 1 fully saturated rings. The molecule has 0 aromatic heterocycles. The number of nitrogens with one attached hydrogen (secondary N) is 1. The van der Waals surface area contributed by atoms with Gasteiger partial charge in [-0.25, -0.2) is 4.39 Å². The Balaban J connectivity index is 1.68. The van der Waals surface area contributed by atoms with Crippen LogP contribution in [-0.2, 0) is 4.74 Å². The predicted octanol–water partition coefficient (Wildman–Crippen LogP) is 3.33. The van der Waals surface area contributed by atoms with Crippen LogP contribution < -0.4 is 5.32 Å². The van der Waals surface area contributed by atoms with E-state index in [4.69, 9.17) is 4.74 Å². The lowest BCUT2D eigenvalue weighted by atomic mass is 10.0. The first kappa shape index (κ1) is 18.5. The largest absolute Gasteiger partial charge is 0.379 e. The highest BCUT2D eigenvalue weighted by molar-refractivity contribution is 5.95. The Morgan fingerprint density at radius 3 is 2.62 bits per heavy atom. The van der Waals surface area contributed by atoms with Gasteiger partial charge in [-0.15, -0.1) is 0 Å². The molecule has 1 heterocycles. The third kappa shape index (κ3) is 4.29. The Labute approximate surface area is 154 Å². The predicted molar refractivity (Wildman–Crippen MR) is 101 cm³/mol. The van der Waals surface area contributed by atoms with Crippen LogP contribution >= 0.6 is 0 Å². The summed E-state index contributed by atoms with van der Waals surface area (Å²) in [5.41, 5.74) is 1.57. The molecule has 1 saturated heterocycles. The highest BCUT2D eigenvalue weighted by Crippen LogP contribution is 2.23. The minimum absolute atomic E-state index is 0.149. The molecule has 0 aliphatic carbocycles. The molecule has 1 amide bonds. The van der Waals surface area contributed by atoms with Crippen LogP contribution in [0.2, 0.25) is 0 Å². The Bertz CT molecular complexity index is 770. The molecular formula is C21H25FN2O2. The summed E-state index contributed by atoms with van der Waals surface area (Å²) in [6.45, 7) is 7.96. The van der Waals surface area contributed by atoms with Crippen molar-refractivity contribution in [2.24, 2.45) is 0 Å². The molecule has 3 rings (SSSR count). The molecule has 2 aromatic rings. The molecule has 0 spiro atoms. The van der Waals surface area contributed by atoms with Gasteiger partial charge in [-0.05, 0) is 37.6 Å². The number of hydrogen-bond donors (Lipinski definition) is 1. The van der Waals surface area contributed by atoms with Gasteiger partial charge in [-0.2, -0.15) is 0 Å². The lowest BCUT2D eigenvalue weighted by Crippen LogP contribution is -2.55. The molecule has 1 N–H and O–H groups in total. The van der Waals surface area contributed by atoms with Crippen molar-refractivity contribution in [3.63, 3.8) is 0 Å². The summed E-state index contributed by atoms with van der Waals surface area (Å²) in [7, 11) is 0. The van der Waals surface area contributed by atoms with Crippen molar-refractivity contribution in [3.8, 4) is 11.1 Å². The first-order valence-electron chi connectivity index (χ1n) is 8.93. The molecule has 0 bridgehead atoms. The van der Waals surface area contributed by atoms with Crippen LogP contribution in [0.5, 0.6) is 0 Å². The molecule has 26 heavy (non-hydrogen) atoms. The fourth-order valence-electron chi connectivity index (χ4n) is 3.20. The zero-order valence-corrected chi connectivity index (χ0v) is 15.3. The summed E-state index contributed by atoms with van der Waals surface area (Å²) >= 11 is 0. The molecular weight excluding hydrogens is 331 g/mol. The zero-order chi connectivity index (χ0) is 18.6. The van der Waals surface area contributed by atoms with E-state index in [-0.39, 0.29) is 17.3 Å². The highest BCUT2D eigenvalue weighted by atomic mass is 19.1. The summed E-state index contributed by atoms with van der Waals surface area (Å²) in [6.07, 6.45) is 0. The standard InChI is InChI=1S/C21H25FN2O2/c1-21(2,24-10-12-26-13-11-24)15-23-20(25)17-7-5-6-16(14-17)18-8-3-4-9-19(18)22/h3-9,14H,10-13,15H2,1-2H3,(H,23,25). The number of carbonyl (C=O) groups is 1. The van der Waals surface area contributed by atoms with Gasteiger partial charge < -0.3 is 10.1 Å². The Hall–Kier alpha value is -2.24. The number of rotatable bonds is 5. The van der Waals surface area contributed by atoms with Crippen LogP contribution in [0.15, 0.2) is 48.5 Å². The van der Waals surface area contributed by atoms with E-state index in [1.807, 2.05) is 6.07 Å². The van der Waals surface area contributed by atoms with Crippen molar-refractivity contribution in [2.45, 2.75) is 19.4 Å². The second-order valence-electron chi connectivity index (χ2n) is 7.16. The SMILES string of the molecule is CC(C)(CNC(=O)c1cccc(-c2ccccc2F)c1)N1CCOCC1. The topological polar surface area (TPSA) is 41.6 Å². The van der Waals surface area contributed by atoms with E-state index >= 15 is 0 Å². The minimum atomic E-state index is -0.293. The summed E-state index contributed by atoms with van der Waals surface area (Å²) < 4.78 is 19.4. The van der Waals surface area contributed by atoms with E-state index in [1.165, 1.54) is 6.07 Å². The molecule has 1 aliphatic rings. The van der Waals surface area contributed by atoms with Crippen molar-refractivity contribution in [3.05, 3.63) is 59.9 Å². The van der Waals surface area contributed by atoms with E-state index in [0.717, 1.165) is 26.3 Å². The lowest BCUT2D eigenvalue weighted by Gasteiger charge is -2.40. The van der Waals surface area contributed by atoms with E-state index in [9.17, 15) is 9.18 Å². The van der Waals surface area contributed by atoms with Crippen LogP contribution in [0.3, 0.4) is 0 Å². The summed E-state index contributed by atoms with van der Waals surface area (Å²) in [4.78, 5) is 14.9. The molecule has 138 valence electrons. The molecule has 4 nitrogen and oxygen atoms in total. The summed E-state index contributed by atoms with van der Waals surface area (Å²) in [5.74, 6) is -0.442. The third-order valence-corrected chi connectivity index (χ3v) is 4.86. The molecule has 0 unspecified atom stereocenters. The minimum Gasteiger partial charge on any atom is -0.379 e. The second kappa shape index (κ2) is 7.98. The number of amides is 1. The molecule has 0 atom stereocenters. The number of morpholine rings is 1. The van der Waals surface area contributed by atoms with Crippen molar-refractivity contribution in [2.75, 3.05) is 32.8 Å². The average Bonchev–Trinajstić information content (AvgIpc) is 2.67. The van der Waals surface area contributed by atoms with Crippen molar-refractivity contribution in [1.29, 1.82) is 0 Å². The van der Waals surface area contributed by atoms with E-state index < -0.39 is 0 Å². The van der Waals surface area contributed by atoms with Crippen LogP contribution in [-0.4, -0.2) is 49.2 Å². The number of halogens is 1. The maximum absolute atomic E-state index is 14.0. The number of hydrogen-bond acceptors (Lipinski definition) is 3. The highest BCUT2D eigenvalue weighted by Gasteiger charge is 2.28. The van der Waals surface area contributed by atoms with Gasteiger partial charge in [0.2, 0.25) is 0 Å².